The molecule has 0 N–H and O–H groups in total. The van der Waals surface area contributed by atoms with Crippen LogP contribution < -0.4 is 4.74 Å². The molecule has 0 saturated heterocycles. The van der Waals surface area contributed by atoms with Crippen LogP contribution >= 0.6 is 23.2 Å². The van der Waals surface area contributed by atoms with E-state index >= 15 is 0 Å². The summed E-state index contributed by atoms with van der Waals surface area (Å²) in [7, 11) is 0. The number of ether oxygens (including phenoxy) is 1. The Morgan fingerprint density at radius 2 is 1.75 bits per heavy atom. The predicted octanol–water partition coefficient (Wildman–Crippen LogP) is 5.86. The molecule has 0 aliphatic rings. The summed E-state index contributed by atoms with van der Waals surface area (Å²) < 4.78 is 5.52. The van der Waals surface area contributed by atoms with Gasteiger partial charge in [-0.3, -0.25) is 0 Å². The fourth-order valence-corrected chi connectivity index (χ4v) is 1.99. The standard InChI is InChI=1S/C17H16Cl2O/c1-2-17(19)20-16-10-8-13(9-11-16)6-7-14-4-3-5-15(18)12-14/h3-12,17H,2H2,1H3/b7-6+. The molecule has 0 spiro atoms. The van der Waals surface area contributed by atoms with Gasteiger partial charge in [0.05, 0.1) is 0 Å². The third-order valence-corrected chi connectivity index (χ3v) is 3.41. The molecule has 3 heteroatoms. The Labute approximate surface area is 129 Å². The highest BCUT2D eigenvalue weighted by Crippen LogP contribution is 2.18. The van der Waals surface area contributed by atoms with E-state index in [-0.39, 0.29) is 5.56 Å². The van der Waals surface area contributed by atoms with Crippen molar-refractivity contribution in [3.05, 3.63) is 64.7 Å². The van der Waals surface area contributed by atoms with Crippen LogP contribution in [-0.2, 0) is 0 Å². The highest BCUT2D eigenvalue weighted by Gasteiger charge is 2.02. The Kier molecular flexibility index (Phi) is 5.51. The van der Waals surface area contributed by atoms with E-state index in [4.69, 9.17) is 27.9 Å². The summed E-state index contributed by atoms with van der Waals surface area (Å²) in [4.78, 5) is 0. The molecule has 0 amide bonds. The molecule has 1 unspecified atom stereocenters. The summed E-state index contributed by atoms with van der Waals surface area (Å²) in [5, 5.41) is 0.739. The first-order chi connectivity index (χ1) is 9.67. The van der Waals surface area contributed by atoms with E-state index in [9.17, 15) is 0 Å². The van der Waals surface area contributed by atoms with E-state index in [1.54, 1.807) is 0 Å². The highest BCUT2D eigenvalue weighted by molar-refractivity contribution is 6.30. The molecule has 0 fully saturated rings. The topological polar surface area (TPSA) is 9.23 Å². The molecule has 20 heavy (non-hydrogen) atoms. The minimum Gasteiger partial charge on any atom is -0.475 e. The summed E-state index contributed by atoms with van der Waals surface area (Å²) in [6, 6.07) is 15.6. The Bertz CT molecular complexity index is 576. The van der Waals surface area contributed by atoms with E-state index < -0.39 is 0 Å². The SMILES string of the molecule is CCC(Cl)Oc1ccc(/C=C/c2cccc(Cl)c2)cc1. The van der Waals surface area contributed by atoms with Crippen LogP contribution in [-0.4, -0.2) is 5.56 Å². The largest absolute Gasteiger partial charge is 0.475 e. The maximum Gasteiger partial charge on any atom is 0.171 e. The lowest BCUT2D eigenvalue weighted by molar-refractivity contribution is 0.277. The summed E-state index contributed by atoms with van der Waals surface area (Å²) in [5.74, 6) is 0.784. The number of hydrogen-bond acceptors (Lipinski definition) is 1. The third kappa shape index (κ3) is 4.59. The van der Waals surface area contributed by atoms with Crippen LogP contribution in [0.25, 0.3) is 12.2 Å². The van der Waals surface area contributed by atoms with Crippen LogP contribution in [0.2, 0.25) is 5.02 Å². The minimum absolute atomic E-state index is 0.275. The quantitative estimate of drug-likeness (QED) is 0.496. The van der Waals surface area contributed by atoms with Crippen LogP contribution in [0.15, 0.2) is 48.5 Å². The number of alkyl halides is 1. The van der Waals surface area contributed by atoms with Gasteiger partial charge in [-0.25, -0.2) is 0 Å². The predicted molar refractivity (Wildman–Crippen MR) is 87.4 cm³/mol. The summed E-state index contributed by atoms with van der Waals surface area (Å²) >= 11 is 11.9. The number of benzene rings is 2. The number of rotatable bonds is 5. The van der Waals surface area contributed by atoms with Crippen molar-refractivity contribution in [2.45, 2.75) is 18.9 Å². The van der Waals surface area contributed by atoms with Crippen molar-refractivity contribution in [1.29, 1.82) is 0 Å². The normalized spacial score (nSPS) is 12.6. The van der Waals surface area contributed by atoms with Crippen molar-refractivity contribution in [3.63, 3.8) is 0 Å². The Hall–Kier alpha value is -1.44. The molecule has 0 aromatic heterocycles. The van der Waals surface area contributed by atoms with Crippen molar-refractivity contribution >= 4 is 35.4 Å². The zero-order valence-electron chi connectivity index (χ0n) is 11.2. The van der Waals surface area contributed by atoms with E-state index in [2.05, 4.69) is 0 Å². The molecule has 2 aromatic carbocycles. The van der Waals surface area contributed by atoms with Crippen LogP contribution in [0.3, 0.4) is 0 Å². The Balaban J connectivity index is 2.03. The zero-order valence-corrected chi connectivity index (χ0v) is 12.7. The van der Waals surface area contributed by atoms with Gasteiger partial charge in [-0.05, 0) is 41.8 Å². The van der Waals surface area contributed by atoms with Crippen LogP contribution in [0.5, 0.6) is 5.75 Å². The van der Waals surface area contributed by atoms with E-state index in [0.29, 0.717) is 0 Å². The van der Waals surface area contributed by atoms with E-state index in [1.165, 1.54) is 0 Å². The Morgan fingerprint density at radius 3 is 2.40 bits per heavy atom. The molecular formula is C17H16Cl2O. The van der Waals surface area contributed by atoms with Crippen LogP contribution in [0.4, 0.5) is 0 Å². The van der Waals surface area contributed by atoms with Gasteiger partial charge >= 0.3 is 0 Å². The van der Waals surface area contributed by atoms with Crippen molar-refractivity contribution in [2.24, 2.45) is 0 Å². The maximum absolute atomic E-state index is 5.95. The summed E-state index contributed by atoms with van der Waals surface area (Å²) in [6.07, 6.45) is 4.84. The second kappa shape index (κ2) is 7.37. The lowest BCUT2D eigenvalue weighted by atomic mass is 10.1. The smallest absolute Gasteiger partial charge is 0.171 e. The molecule has 0 bridgehead atoms. The second-order valence-electron chi connectivity index (χ2n) is 4.39. The highest BCUT2D eigenvalue weighted by atomic mass is 35.5. The van der Waals surface area contributed by atoms with Gasteiger partial charge in [-0.1, -0.05) is 66.5 Å². The van der Waals surface area contributed by atoms with Crippen molar-refractivity contribution < 1.29 is 4.74 Å². The molecule has 1 atom stereocenters. The van der Waals surface area contributed by atoms with Crippen LogP contribution in [0, 0.1) is 0 Å². The molecule has 104 valence electrons. The molecule has 0 radical (unpaired) electrons. The third-order valence-electron chi connectivity index (χ3n) is 2.78. The van der Waals surface area contributed by atoms with E-state index in [0.717, 1.165) is 28.3 Å². The zero-order chi connectivity index (χ0) is 14.4. The molecule has 0 aliphatic carbocycles. The van der Waals surface area contributed by atoms with Crippen molar-refractivity contribution in [1.82, 2.24) is 0 Å². The minimum atomic E-state index is -0.275. The molecule has 2 rings (SSSR count). The van der Waals surface area contributed by atoms with E-state index in [1.807, 2.05) is 67.6 Å². The molecule has 0 heterocycles. The molecule has 0 aliphatic heterocycles. The van der Waals surface area contributed by atoms with Gasteiger partial charge in [0.15, 0.2) is 5.56 Å². The summed E-state index contributed by atoms with van der Waals surface area (Å²) in [6.45, 7) is 1.99. The fraction of sp³-hybridized carbons (Fsp3) is 0.176. The average molecular weight is 307 g/mol. The first-order valence-electron chi connectivity index (χ1n) is 6.52. The lowest BCUT2D eigenvalue weighted by Gasteiger charge is -2.10. The average Bonchev–Trinajstić information content (AvgIpc) is 2.46. The van der Waals surface area contributed by atoms with Gasteiger partial charge in [0, 0.05) is 5.02 Å². The Morgan fingerprint density at radius 1 is 1.05 bits per heavy atom. The van der Waals surface area contributed by atoms with Gasteiger partial charge in [0.1, 0.15) is 5.75 Å². The fourth-order valence-electron chi connectivity index (χ4n) is 1.69. The number of halogens is 2. The summed E-state index contributed by atoms with van der Waals surface area (Å²) in [5.41, 5.74) is 1.90. The first kappa shape index (κ1) is 15.0. The van der Waals surface area contributed by atoms with Gasteiger partial charge in [-0.15, -0.1) is 0 Å². The molecular weight excluding hydrogens is 291 g/mol. The second-order valence-corrected chi connectivity index (χ2v) is 5.32. The van der Waals surface area contributed by atoms with Gasteiger partial charge in [-0.2, -0.15) is 0 Å². The first-order valence-corrected chi connectivity index (χ1v) is 7.33. The van der Waals surface area contributed by atoms with Crippen molar-refractivity contribution in [3.8, 4) is 5.75 Å². The van der Waals surface area contributed by atoms with Gasteiger partial charge < -0.3 is 4.74 Å². The van der Waals surface area contributed by atoms with Crippen LogP contribution in [0.1, 0.15) is 24.5 Å². The van der Waals surface area contributed by atoms with Crippen molar-refractivity contribution in [2.75, 3.05) is 0 Å². The van der Waals surface area contributed by atoms with Gasteiger partial charge in [0.2, 0.25) is 0 Å². The maximum atomic E-state index is 5.95. The number of hydrogen-bond donors (Lipinski definition) is 0. The lowest BCUT2D eigenvalue weighted by Crippen LogP contribution is -2.06. The monoisotopic (exact) mass is 306 g/mol. The molecule has 2 aromatic rings. The van der Waals surface area contributed by atoms with Gasteiger partial charge in [0.25, 0.3) is 0 Å². The molecule has 1 nitrogen and oxygen atoms in total. The molecule has 0 saturated carbocycles.